The van der Waals surface area contributed by atoms with Crippen molar-refractivity contribution in [2.45, 2.75) is 12.8 Å². The van der Waals surface area contributed by atoms with Gasteiger partial charge in [-0.05, 0) is 12.8 Å². The third-order valence-corrected chi connectivity index (χ3v) is 3.59. The van der Waals surface area contributed by atoms with Crippen LogP contribution < -0.4 is 282 Å². The first kappa shape index (κ1) is 40.8. The molecule has 10 nitrogen and oxygen atoms in total. The summed E-state index contributed by atoms with van der Waals surface area (Å²) in [6.45, 7) is 0. The molecular formula is C10H5K5O10. The summed E-state index contributed by atoms with van der Waals surface area (Å²) in [5, 5.41) is 54.8. The van der Waals surface area contributed by atoms with E-state index < -0.39 is 59.4 Å². The van der Waals surface area contributed by atoms with Gasteiger partial charge in [0.25, 0.3) is 0 Å². The maximum atomic E-state index is 11.0. The molecule has 1 aliphatic carbocycles. The van der Waals surface area contributed by atoms with Crippen molar-refractivity contribution in [1.82, 2.24) is 0 Å². The summed E-state index contributed by atoms with van der Waals surface area (Å²) in [5.41, 5.74) is -6.72. The first-order chi connectivity index (χ1) is 9.05. The molecule has 1 aliphatic rings. The molecule has 0 N–H and O–H groups in total. The number of carboxylic acids is 5. The number of carbonyl (C=O) groups is 5. The van der Waals surface area contributed by atoms with E-state index in [0.717, 1.165) is 0 Å². The quantitative estimate of drug-likeness (QED) is 0.268. The summed E-state index contributed by atoms with van der Waals surface area (Å²) in [6.07, 6.45) is -2.31. The van der Waals surface area contributed by atoms with E-state index in [0.29, 0.717) is 0 Å². The van der Waals surface area contributed by atoms with Gasteiger partial charge in [0.15, 0.2) is 0 Å². The van der Waals surface area contributed by atoms with Crippen molar-refractivity contribution >= 4 is 29.8 Å². The molecule has 0 atom stereocenters. The van der Waals surface area contributed by atoms with E-state index in [2.05, 4.69) is 0 Å². The molecule has 0 aliphatic heterocycles. The van der Waals surface area contributed by atoms with Crippen LogP contribution in [0.15, 0.2) is 0 Å². The molecule has 0 radical (unpaired) electrons. The Labute approximate surface area is 354 Å². The fourth-order valence-corrected chi connectivity index (χ4v) is 2.55. The van der Waals surface area contributed by atoms with E-state index in [1.165, 1.54) is 0 Å². The molecule has 0 spiro atoms. The third-order valence-electron chi connectivity index (χ3n) is 3.59. The van der Waals surface area contributed by atoms with E-state index in [-0.39, 0.29) is 257 Å². The van der Waals surface area contributed by atoms with E-state index >= 15 is 0 Å². The van der Waals surface area contributed by atoms with Crippen LogP contribution in [0.25, 0.3) is 0 Å². The Balaban J connectivity index is -0.000000267. The molecule has 1 fully saturated rings. The van der Waals surface area contributed by atoms with Gasteiger partial charge in [0.05, 0.1) is 34.7 Å². The van der Waals surface area contributed by atoms with E-state index in [1.54, 1.807) is 0 Å². The summed E-state index contributed by atoms with van der Waals surface area (Å²) in [6, 6.07) is 0. The van der Waals surface area contributed by atoms with Crippen molar-refractivity contribution in [2.24, 2.45) is 16.7 Å². The molecule has 25 heavy (non-hydrogen) atoms. The van der Waals surface area contributed by atoms with Crippen LogP contribution in [0.1, 0.15) is 12.8 Å². The average molecular weight is 481 g/mol. The van der Waals surface area contributed by atoms with Gasteiger partial charge in [0, 0.05) is 11.9 Å². The second kappa shape index (κ2) is 17.1. The second-order valence-electron chi connectivity index (χ2n) is 4.34. The fourth-order valence-electron chi connectivity index (χ4n) is 2.55. The normalized spacial score (nSPS) is 16.2. The molecule has 0 unspecified atom stereocenters. The van der Waals surface area contributed by atoms with Crippen LogP contribution in [0.5, 0.6) is 0 Å². The monoisotopic (exact) mass is 480 g/mol. The van der Waals surface area contributed by atoms with Crippen LogP contribution in [0.2, 0.25) is 0 Å². The number of carboxylic acid groups (broad SMARTS) is 5. The Hall–Kier alpha value is 5.53. The van der Waals surface area contributed by atoms with Gasteiger partial charge in [-0.15, -0.1) is 0 Å². The zero-order chi connectivity index (χ0) is 15.9. The summed E-state index contributed by atoms with van der Waals surface area (Å²) in [7, 11) is 0. The van der Waals surface area contributed by atoms with Gasteiger partial charge in [-0.25, -0.2) is 0 Å². The Morgan fingerprint density at radius 2 is 0.760 bits per heavy atom. The van der Waals surface area contributed by atoms with Crippen molar-refractivity contribution in [1.29, 1.82) is 0 Å². The fraction of sp³-hybridized carbons (Fsp3) is 0.500. The van der Waals surface area contributed by atoms with E-state index in [9.17, 15) is 49.5 Å². The van der Waals surface area contributed by atoms with Gasteiger partial charge in [-0.2, -0.15) is 0 Å². The molecular weight excluding hydrogens is 476 g/mol. The van der Waals surface area contributed by atoms with Crippen LogP contribution >= 0.6 is 0 Å². The van der Waals surface area contributed by atoms with Crippen molar-refractivity contribution < 1.29 is 306 Å². The van der Waals surface area contributed by atoms with Gasteiger partial charge in [-0.1, -0.05) is 0 Å². The van der Waals surface area contributed by atoms with Crippen LogP contribution in [0.4, 0.5) is 0 Å². The first-order valence-electron chi connectivity index (χ1n) is 5.11. The zero-order valence-electron chi connectivity index (χ0n) is 14.6. The van der Waals surface area contributed by atoms with Crippen molar-refractivity contribution in [3.05, 3.63) is 0 Å². The molecule has 0 aromatic heterocycles. The predicted molar refractivity (Wildman–Crippen MR) is 42.6 cm³/mol. The minimum atomic E-state index is -3.36. The summed E-state index contributed by atoms with van der Waals surface area (Å²) < 4.78 is 0. The second-order valence-corrected chi connectivity index (χ2v) is 4.34. The smallest absolute Gasteiger partial charge is 0.550 e. The number of hydrogen-bond donors (Lipinski definition) is 0. The standard InChI is InChI=1S/C10H10O10.5K/c11-4(12)3-9(5(13)14,6(15)16)1-2-10(3,7(17)18)8(19)20;;;;;/h3H,1-2H2,(H,11,12)(H,13,14)(H,15,16)(H,17,18)(H,19,20);;;;;/q;5*+1/p-5. The average Bonchev–Trinajstić information content (AvgIpc) is 2.66. The van der Waals surface area contributed by atoms with Crippen molar-refractivity contribution in [2.75, 3.05) is 0 Å². The molecule has 0 saturated heterocycles. The Kier molecular flexibility index (Phi) is 27.9. The Morgan fingerprint density at radius 3 is 0.880 bits per heavy atom. The minimum Gasteiger partial charge on any atom is -0.550 e. The molecule has 0 heterocycles. The molecule has 0 amide bonds. The maximum Gasteiger partial charge on any atom is 1.00 e. The van der Waals surface area contributed by atoms with Crippen LogP contribution in [-0.2, 0) is 24.0 Å². The minimum absolute atomic E-state index is 0. The largest absolute Gasteiger partial charge is 1.00 e. The molecule has 0 aromatic rings. The molecule has 0 aromatic carbocycles. The van der Waals surface area contributed by atoms with E-state index in [1.807, 2.05) is 0 Å². The van der Waals surface area contributed by atoms with Gasteiger partial charge < -0.3 is 49.5 Å². The SMILES string of the molecule is O=C([O-])C1C(C(=O)[O-])(C(=O)[O-])CCC1(C(=O)[O-])C(=O)[O-].[K+].[K+].[K+].[K+].[K+]. The van der Waals surface area contributed by atoms with Crippen LogP contribution in [0, 0.1) is 16.7 Å². The summed E-state index contributed by atoms with van der Waals surface area (Å²) in [4.78, 5) is 54.8. The van der Waals surface area contributed by atoms with Crippen molar-refractivity contribution in [3.8, 4) is 0 Å². The number of aliphatic carboxylic acids is 5. The van der Waals surface area contributed by atoms with Gasteiger partial charge in [0.2, 0.25) is 0 Å². The topological polar surface area (TPSA) is 201 Å². The Morgan fingerprint density at radius 1 is 0.560 bits per heavy atom. The third kappa shape index (κ3) is 8.11. The van der Waals surface area contributed by atoms with Crippen LogP contribution in [-0.4, -0.2) is 29.8 Å². The van der Waals surface area contributed by atoms with Gasteiger partial charge >= 0.3 is 257 Å². The van der Waals surface area contributed by atoms with Gasteiger partial charge in [-0.3, -0.25) is 0 Å². The predicted octanol–water partition coefficient (Wildman–Crippen LogP) is -22.9. The van der Waals surface area contributed by atoms with E-state index in [4.69, 9.17) is 0 Å². The number of rotatable bonds is 5. The molecule has 15 heteroatoms. The number of hydrogen-bond acceptors (Lipinski definition) is 10. The van der Waals surface area contributed by atoms with Crippen LogP contribution in [0.3, 0.4) is 0 Å². The van der Waals surface area contributed by atoms with Gasteiger partial charge in [0.1, 0.15) is 0 Å². The zero-order valence-corrected chi connectivity index (χ0v) is 30.2. The summed E-state index contributed by atoms with van der Waals surface area (Å²) in [5.74, 6) is -15.5. The summed E-state index contributed by atoms with van der Waals surface area (Å²) >= 11 is 0. The molecule has 1 saturated carbocycles. The van der Waals surface area contributed by atoms with Crippen molar-refractivity contribution in [3.63, 3.8) is 0 Å². The Bertz CT molecular complexity index is 468. The maximum absolute atomic E-state index is 11.0. The molecule has 0 bridgehead atoms. The first-order valence-corrected chi connectivity index (χ1v) is 5.11. The number of carbonyl (C=O) groups excluding carboxylic acids is 5. The molecule has 110 valence electrons. The molecule has 1 rings (SSSR count).